The predicted octanol–water partition coefficient (Wildman–Crippen LogP) is 10.2. The van der Waals surface area contributed by atoms with Gasteiger partial charge in [-0.3, -0.25) is 0 Å². The Balaban J connectivity index is 1.05. The van der Waals surface area contributed by atoms with Crippen LogP contribution < -0.4 is 4.90 Å². The third kappa shape index (κ3) is 3.73. The SMILES string of the molecule is C=C/C=C(/c1nc(-c2ccccc2)nc(-c2ccc3c(c2)-c2cc(N4C5=CC6CC6C=C5C56C=CC=CC45C6)ccc2C3(C)F)n1)C1CC1C. The summed E-state index contributed by atoms with van der Waals surface area (Å²) in [5.74, 6) is 4.20. The van der Waals surface area contributed by atoms with Crippen molar-refractivity contribution in [1.82, 2.24) is 15.0 Å². The molecule has 4 aromatic rings. The molecular formula is C45H37FN4. The molecule has 7 atom stereocenters. The highest BCUT2D eigenvalue weighted by Gasteiger charge is 2.76. The van der Waals surface area contributed by atoms with Crippen LogP contribution in [0.5, 0.6) is 0 Å². The van der Waals surface area contributed by atoms with E-state index in [0.29, 0.717) is 52.3 Å². The topological polar surface area (TPSA) is 41.9 Å². The van der Waals surface area contributed by atoms with E-state index in [2.05, 4.69) is 73.1 Å². The van der Waals surface area contributed by atoms with E-state index in [1.54, 1.807) is 6.92 Å². The van der Waals surface area contributed by atoms with Crippen LogP contribution in [0.4, 0.5) is 10.1 Å². The molecule has 1 saturated heterocycles. The number of halogens is 1. The Morgan fingerprint density at radius 2 is 1.58 bits per heavy atom. The fourth-order valence-corrected chi connectivity index (χ4v) is 9.73. The zero-order valence-electron chi connectivity index (χ0n) is 28.3. The van der Waals surface area contributed by atoms with E-state index >= 15 is 4.39 Å². The Bertz CT molecular complexity index is 2360. The van der Waals surface area contributed by atoms with Crippen molar-refractivity contribution in [2.24, 2.45) is 29.1 Å². The molecule has 0 bridgehead atoms. The fraction of sp³-hybridized carbons (Fsp3) is 0.267. The van der Waals surface area contributed by atoms with E-state index in [1.165, 1.54) is 17.7 Å². The first-order valence-corrected chi connectivity index (χ1v) is 18.1. The molecule has 4 nitrogen and oxygen atoms in total. The average molecular weight is 653 g/mol. The van der Waals surface area contributed by atoms with E-state index in [1.807, 2.05) is 60.7 Å². The summed E-state index contributed by atoms with van der Waals surface area (Å²) in [6.07, 6.45) is 21.6. The highest BCUT2D eigenvalue weighted by Crippen LogP contribution is 2.76. The smallest absolute Gasteiger partial charge is 0.164 e. The molecule has 7 unspecified atom stereocenters. The van der Waals surface area contributed by atoms with Gasteiger partial charge in [0.25, 0.3) is 0 Å². The van der Waals surface area contributed by atoms with Gasteiger partial charge in [-0.15, -0.1) is 0 Å². The second-order valence-electron chi connectivity index (χ2n) is 15.7. The summed E-state index contributed by atoms with van der Waals surface area (Å²) in [7, 11) is 0. The van der Waals surface area contributed by atoms with Gasteiger partial charge in [0.2, 0.25) is 0 Å². The largest absolute Gasteiger partial charge is 0.331 e. The molecule has 0 radical (unpaired) electrons. The zero-order chi connectivity index (χ0) is 33.6. The van der Waals surface area contributed by atoms with Crippen molar-refractivity contribution in [3.8, 4) is 33.9 Å². The molecule has 1 aromatic heterocycles. The molecule has 2 heterocycles. The van der Waals surface area contributed by atoms with Crippen LogP contribution in [0, 0.1) is 29.1 Å². The standard InChI is InChI=1S/C45H37FN4/c1-4-10-32(33-19-26(33)2)42-48-40(27-11-6-5-7-12-27)47-41(49-42)28-13-15-36-34(21-28)35-24-31(14-16-37(35)43(36,3)46)50-39-23-30-20-29(30)22-38(39)44-17-8-9-18-45(44,50)25-44/h4-18,21-24,26,29-30,33H,1,19-20,25H2,2-3H3/b32-10+. The monoisotopic (exact) mass is 652 g/mol. The Morgan fingerprint density at radius 3 is 2.36 bits per heavy atom. The van der Waals surface area contributed by atoms with Crippen LogP contribution >= 0.6 is 0 Å². The number of anilines is 1. The minimum Gasteiger partial charge on any atom is -0.331 e. The van der Waals surface area contributed by atoms with Gasteiger partial charge in [-0.1, -0.05) is 111 Å². The maximum absolute atomic E-state index is 16.9. The Labute approximate surface area is 292 Å². The minimum atomic E-state index is -1.61. The molecule has 3 saturated carbocycles. The second-order valence-corrected chi connectivity index (χ2v) is 15.7. The van der Waals surface area contributed by atoms with Crippen LogP contribution in [0.15, 0.2) is 133 Å². The van der Waals surface area contributed by atoms with E-state index in [-0.39, 0.29) is 11.0 Å². The number of aromatic nitrogens is 3. The van der Waals surface area contributed by atoms with Gasteiger partial charge in [0.15, 0.2) is 23.1 Å². The van der Waals surface area contributed by atoms with Crippen molar-refractivity contribution in [3.63, 3.8) is 0 Å². The van der Waals surface area contributed by atoms with Gasteiger partial charge < -0.3 is 4.90 Å². The third-order valence-electron chi connectivity index (χ3n) is 12.7. The lowest BCUT2D eigenvalue weighted by atomic mass is 9.87. The molecule has 4 fully saturated rings. The number of alkyl halides is 1. The van der Waals surface area contributed by atoms with Crippen LogP contribution in [0.3, 0.4) is 0 Å². The van der Waals surface area contributed by atoms with Gasteiger partial charge in [-0.05, 0) is 84.8 Å². The molecular weight excluding hydrogens is 616 g/mol. The minimum absolute atomic E-state index is 0.0455. The van der Waals surface area contributed by atoms with E-state index in [0.717, 1.165) is 46.4 Å². The number of piperidine rings is 1. The van der Waals surface area contributed by atoms with Crippen LogP contribution in [-0.4, -0.2) is 20.5 Å². The van der Waals surface area contributed by atoms with Crippen LogP contribution in [0.2, 0.25) is 0 Å². The van der Waals surface area contributed by atoms with Crippen molar-refractivity contribution in [2.45, 2.75) is 44.3 Å². The Morgan fingerprint density at radius 1 is 0.860 bits per heavy atom. The first-order valence-electron chi connectivity index (χ1n) is 18.1. The summed E-state index contributed by atoms with van der Waals surface area (Å²) >= 11 is 0. The van der Waals surface area contributed by atoms with Gasteiger partial charge in [0.1, 0.15) is 0 Å². The van der Waals surface area contributed by atoms with Crippen molar-refractivity contribution in [1.29, 1.82) is 0 Å². The molecule has 1 aliphatic heterocycles. The lowest BCUT2D eigenvalue weighted by Crippen LogP contribution is -2.33. The van der Waals surface area contributed by atoms with Gasteiger partial charge in [0, 0.05) is 44.6 Å². The Hall–Kier alpha value is -5.16. The molecule has 50 heavy (non-hydrogen) atoms. The molecule has 3 aromatic carbocycles. The number of allylic oxidation sites excluding steroid dienone is 8. The number of fused-ring (bicyclic) bond motifs is 5. The number of rotatable bonds is 6. The third-order valence-corrected chi connectivity index (χ3v) is 12.7. The summed E-state index contributed by atoms with van der Waals surface area (Å²) in [5.41, 5.74) is 8.42. The first-order chi connectivity index (χ1) is 24.3. The van der Waals surface area contributed by atoms with Crippen LogP contribution in [-0.2, 0) is 5.67 Å². The molecule has 11 rings (SSSR count). The second kappa shape index (κ2) is 9.54. The molecule has 0 N–H and O–H groups in total. The summed E-state index contributed by atoms with van der Waals surface area (Å²) in [6, 6.07) is 22.5. The van der Waals surface area contributed by atoms with E-state index < -0.39 is 5.67 Å². The summed E-state index contributed by atoms with van der Waals surface area (Å²) in [6.45, 7) is 7.95. The quantitative estimate of drug-likeness (QED) is 0.195. The molecule has 0 spiro atoms. The van der Waals surface area contributed by atoms with Crippen molar-refractivity contribution >= 4 is 11.3 Å². The number of hydrogen-bond donors (Lipinski definition) is 0. The first kappa shape index (κ1) is 28.7. The van der Waals surface area contributed by atoms with Gasteiger partial charge in [-0.2, -0.15) is 0 Å². The van der Waals surface area contributed by atoms with Gasteiger partial charge in [0.05, 0.1) is 5.54 Å². The van der Waals surface area contributed by atoms with Crippen molar-refractivity contribution < 1.29 is 4.39 Å². The lowest BCUT2D eigenvalue weighted by Gasteiger charge is -2.32. The number of hydrogen-bond acceptors (Lipinski definition) is 4. The molecule has 244 valence electrons. The summed E-state index contributed by atoms with van der Waals surface area (Å²) < 4.78 is 16.9. The lowest BCUT2D eigenvalue weighted by molar-refractivity contribution is 0.258. The highest BCUT2D eigenvalue weighted by atomic mass is 19.1. The van der Waals surface area contributed by atoms with Gasteiger partial charge >= 0.3 is 0 Å². The average Bonchev–Trinajstić information content (AvgIpc) is 4.09. The zero-order valence-corrected chi connectivity index (χ0v) is 28.3. The van der Waals surface area contributed by atoms with Crippen LogP contribution in [0.25, 0.3) is 39.5 Å². The Kier molecular flexibility index (Phi) is 5.47. The van der Waals surface area contributed by atoms with E-state index in [4.69, 9.17) is 15.0 Å². The highest BCUT2D eigenvalue weighted by molar-refractivity contribution is 5.88. The predicted molar refractivity (Wildman–Crippen MR) is 197 cm³/mol. The van der Waals surface area contributed by atoms with Crippen molar-refractivity contribution in [3.05, 3.63) is 150 Å². The maximum Gasteiger partial charge on any atom is 0.164 e. The summed E-state index contributed by atoms with van der Waals surface area (Å²) in [4.78, 5) is 17.7. The molecule has 0 amide bonds. The number of nitrogens with zero attached hydrogens (tertiary/aromatic N) is 4. The molecule has 5 heteroatoms. The normalized spacial score (nSPS) is 32.9. The fourth-order valence-electron chi connectivity index (χ4n) is 9.73. The van der Waals surface area contributed by atoms with E-state index in [9.17, 15) is 0 Å². The summed E-state index contributed by atoms with van der Waals surface area (Å²) in [5, 5.41) is 0. The maximum atomic E-state index is 16.9. The van der Waals surface area contributed by atoms with Crippen molar-refractivity contribution in [2.75, 3.05) is 4.90 Å². The van der Waals surface area contributed by atoms with Gasteiger partial charge in [-0.25, -0.2) is 19.3 Å². The van der Waals surface area contributed by atoms with Crippen LogP contribution in [0.1, 0.15) is 50.1 Å². The molecule has 7 aliphatic rings. The number of benzene rings is 3. The molecule has 6 aliphatic carbocycles.